The first-order valence-electron chi connectivity index (χ1n) is 7.19. The molecule has 1 saturated carbocycles. The van der Waals surface area contributed by atoms with E-state index >= 15 is 0 Å². The molecule has 0 saturated heterocycles. The van der Waals surface area contributed by atoms with E-state index < -0.39 is 10.0 Å². The minimum absolute atomic E-state index is 0.0282. The second-order valence-corrected chi connectivity index (χ2v) is 7.86. The Kier molecular flexibility index (Phi) is 4.52. The van der Waals surface area contributed by atoms with Gasteiger partial charge in [-0.25, -0.2) is 8.42 Å². The molecule has 0 heterocycles. The maximum atomic E-state index is 12.8. The fourth-order valence-corrected chi connectivity index (χ4v) is 4.00. The number of nitrogens with two attached hydrogens (primary N) is 1. The maximum absolute atomic E-state index is 12.8. The van der Waals surface area contributed by atoms with Crippen LogP contribution < -0.4 is 5.73 Å². The molecule has 0 radical (unpaired) electrons. The highest BCUT2D eigenvalue weighted by Crippen LogP contribution is 2.32. The summed E-state index contributed by atoms with van der Waals surface area (Å²) in [5.41, 5.74) is 6.69. The van der Waals surface area contributed by atoms with Crippen molar-refractivity contribution < 1.29 is 8.42 Å². The summed E-state index contributed by atoms with van der Waals surface area (Å²) in [5.74, 6) is 0.531. The van der Waals surface area contributed by atoms with Crippen molar-refractivity contribution in [3.05, 3.63) is 29.8 Å². The van der Waals surface area contributed by atoms with E-state index in [2.05, 4.69) is 0 Å². The third-order valence-corrected chi connectivity index (χ3v) is 5.74. The minimum atomic E-state index is -3.43. The molecule has 0 bridgehead atoms. The Morgan fingerprint density at radius 1 is 1.30 bits per heavy atom. The molecule has 20 heavy (non-hydrogen) atoms. The van der Waals surface area contributed by atoms with Crippen molar-refractivity contribution >= 4 is 10.0 Å². The lowest BCUT2D eigenvalue weighted by molar-refractivity contribution is 0.341. The topological polar surface area (TPSA) is 63.4 Å². The molecule has 1 aromatic rings. The average molecular weight is 296 g/mol. The molecule has 1 aliphatic carbocycles. The van der Waals surface area contributed by atoms with Crippen molar-refractivity contribution in [2.45, 2.75) is 50.6 Å². The van der Waals surface area contributed by atoms with Gasteiger partial charge in [-0.2, -0.15) is 4.31 Å². The standard InChI is InChI=1S/C15H24N2O2S/c1-11(2)17(10-13-7-8-13)20(18,19)15-6-4-5-14(9-15)12(3)16/h4-6,9,11-13H,7-8,10,16H2,1-3H3. The van der Waals surface area contributed by atoms with E-state index in [-0.39, 0.29) is 12.1 Å². The first kappa shape index (κ1) is 15.5. The predicted octanol–water partition coefficient (Wildman–Crippen LogP) is 2.52. The van der Waals surface area contributed by atoms with Crippen molar-refractivity contribution in [2.24, 2.45) is 11.7 Å². The molecular formula is C15H24N2O2S. The zero-order valence-electron chi connectivity index (χ0n) is 12.4. The van der Waals surface area contributed by atoms with Crippen LogP contribution in [0.5, 0.6) is 0 Å². The van der Waals surface area contributed by atoms with Gasteiger partial charge in [0.25, 0.3) is 0 Å². The smallest absolute Gasteiger partial charge is 0.243 e. The molecule has 0 aliphatic heterocycles. The van der Waals surface area contributed by atoms with Crippen LogP contribution >= 0.6 is 0 Å². The van der Waals surface area contributed by atoms with Crippen LogP contribution in [-0.2, 0) is 10.0 Å². The van der Waals surface area contributed by atoms with Crippen LogP contribution in [0.1, 0.15) is 45.2 Å². The molecule has 0 aromatic heterocycles. The number of hydrogen-bond acceptors (Lipinski definition) is 3. The van der Waals surface area contributed by atoms with Gasteiger partial charge in [0.15, 0.2) is 0 Å². The van der Waals surface area contributed by atoms with Crippen molar-refractivity contribution in [3.63, 3.8) is 0 Å². The lowest BCUT2D eigenvalue weighted by Gasteiger charge is -2.26. The molecular weight excluding hydrogens is 272 g/mol. The van der Waals surface area contributed by atoms with Crippen molar-refractivity contribution in [1.29, 1.82) is 0 Å². The van der Waals surface area contributed by atoms with Crippen LogP contribution in [0, 0.1) is 5.92 Å². The Bertz CT molecular complexity index is 563. The van der Waals surface area contributed by atoms with Crippen molar-refractivity contribution in [1.82, 2.24) is 4.31 Å². The molecule has 5 heteroatoms. The molecule has 112 valence electrons. The molecule has 4 nitrogen and oxygen atoms in total. The first-order chi connectivity index (χ1) is 9.32. The molecule has 0 spiro atoms. The molecule has 0 amide bonds. The lowest BCUT2D eigenvalue weighted by Crippen LogP contribution is -2.38. The Morgan fingerprint density at radius 2 is 1.95 bits per heavy atom. The van der Waals surface area contributed by atoms with Crippen LogP contribution in [-0.4, -0.2) is 25.3 Å². The third kappa shape index (κ3) is 3.40. The Hall–Kier alpha value is -0.910. The molecule has 2 rings (SSSR count). The van der Waals surface area contributed by atoms with Crippen LogP contribution in [0.25, 0.3) is 0 Å². The fourth-order valence-electron chi connectivity index (χ4n) is 2.24. The van der Waals surface area contributed by atoms with E-state index in [0.717, 1.165) is 18.4 Å². The largest absolute Gasteiger partial charge is 0.324 e. The number of sulfonamides is 1. The molecule has 1 aliphatic rings. The molecule has 2 N–H and O–H groups in total. The van der Waals surface area contributed by atoms with Crippen LogP contribution in [0.15, 0.2) is 29.2 Å². The SMILES string of the molecule is CC(N)c1cccc(S(=O)(=O)N(CC2CC2)C(C)C)c1. The zero-order chi connectivity index (χ0) is 14.9. The van der Waals surface area contributed by atoms with Gasteiger partial charge >= 0.3 is 0 Å². The maximum Gasteiger partial charge on any atom is 0.243 e. The summed E-state index contributed by atoms with van der Waals surface area (Å²) in [5, 5.41) is 0. The van der Waals surface area contributed by atoms with E-state index in [1.54, 1.807) is 22.5 Å². The van der Waals surface area contributed by atoms with Crippen LogP contribution in [0.2, 0.25) is 0 Å². The van der Waals surface area contributed by atoms with E-state index in [9.17, 15) is 8.42 Å². The Labute approximate surface area is 122 Å². The summed E-state index contributed by atoms with van der Waals surface area (Å²) in [7, 11) is -3.43. The molecule has 1 fully saturated rings. The lowest BCUT2D eigenvalue weighted by atomic mass is 10.1. The van der Waals surface area contributed by atoms with Gasteiger partial charge in [-0.05, 0) is 57.2 Å². The van der Waals surface area contributed by atoms with Crippen molar-refractivity contribution in [2.75, 3.05) is 6.54 Å². The zero-order valence-corrected chi connectivity index (χ0v) is 13.2. The second kappa shape index (κ2) is 5.84. The highest BCUT2D eigenvalue weighted by molar-refractivity contribution is 7.89. The first-order valence-corrected chi connectivity index (χ1v) is 8.63. The summed E-state index contributed by atoms with van der Waals surface area (Å²) < 4.78 is 27.2. The monoisotopic (exact) mass is 296 g/mol. The van der Waals surface area contributed by atoms with E-state index in [4.69, 9.17) is 5.73 Å². The molecule has 1 aromatic carbocycles. The minimum Gasteiger partial charge on any atom is -0.324 e. The Balaban J connectivity index is 2.33. The van der Waals surface area contributed by atoms with Gasteiger partial charge < -0.3 is 5.73 Å². The summed E-state index contributed by atoms with van der Waals surface area (Å²) in [4.78, 5) is 0.349. The van der Waals surface area contributed by atoms with Crippen molar-refractivity contribution in [3.8, 4) is 0 Å². The van der Waals surface area contributed by atoms with E-state index in [0.29, 0.717) is 17.4 Å². The normalized spacial score (nSPS) is 17.7. The van der Waals surface area contributed by atoms with Gasteiger partial charge in [0.2, 0.25) is 10.0 Å². The van der Waals surface area contributed by atoms with Gasteiger partial charge in [0.1, 0.15) is 0 Å². The van der Waals surface area contributed by atoms with Gasteiger partial charge in [-0.1, -0.05) is 12.1 Å². The van der Waals surface area contributed by atoms with Crippen LogP contribution in [0.3, 0.4) is 0 Å². The highest BCUT2D eigenvalue weighted by Gasteiger charge is 2.33. The number of rotatable bonds is 6. The quantitative estimate of drug-likeness (QED) is 0.877. The number of nitrogens with zero attached hydrogens (tertiary/aromatic N) is 1. The summed E-state index contributed by atoms with van der Waals surface area (Å²) in [6, 6.07) is 6.79. The van der Waals surface area contributed by atoms with Gasteiger partial charge in [-0.15, -0.1) is 0 Å². The number of benzene rings is 1. The summed E-state index contributed by atoms with van der Waals surface area (Å²) in [6.45, 7) is 6.34. The van der Waals surface area contributed by atoms with Crippen LogP contribution in [0.4, 0.5) is 0 Å². The second-order valence-electron chi connectivity index (χ2n) is 5.97. The van der Waals surface area contributed by atoms with E-state index in [1.165, 1.54) is 0 Å². The predicted molar refractivity (Wildman–Crippen MR) is 80.8 cm³/mol. The van der Waals surface area contributed by atoms with Gasteiger partial charge in [-0.3, -0.25) is 0 Å². The summed E-state index contributed by atoms with van der Waals surface area (Å²) >= 11 is 0. The molecule has 1 atom stereocenters. The fraction of sp³-hybridized carbons (Fsp3) is 0.600. The average Bonchev–Trinajstić information content (AvgIpc) is 3.19. The Morgan fingerprint density at radius 3 is 2.45 bits per heavy atom. The van der Waals surface area contributed by atoms with E-state index in [1.807, 2.05) is 26.8 Å². The van der Waals surface area contributed by atoms with Gasteiger partial charge in [0, 0.05) is 18.6 Å². The third-order valence-electron chi connectivity index (χ3n) is 3.70. The highest BCUT2D eigenvalue weighted by atomic mass is 32.2. The molecule has 1 unspecified atom stereocenters. The number of hydrogen-bond donors (Lipinski definition) is 1. The van der Waals surface area contributed by atoms with Gasteiger partial charge in [0.05, 0.1) is 4.90 Å². The summed E-state index contributed by atoms with van der Waals surface area (Å²) in [6.07, 6.45) is 2.28.